The van der Waals surface area contributed by atoms with Crippen molar-refractivity contribution in [2.45, 2.75) is 12.5 Å². The van der Waals surface area contributed by atoms with Gasteiger partial charge in [-0.3, -0.25) is 0 Å². The van der Waals surface area contributed by atoms with Gasteiger partial charge in [-0.05, 0) is 17.7 Å². The lowest BCUT2D eigenvalue weighted by Crippen LogP contribution is -2.42. The summed E-state index contributed by atoms with van der Waals surface area (Å²) in [5.41, 5.74) is 1.83. The molecule has 0 radical (unpaired) electrons. The maximum atomic E-state index is 11.4. The maximum absolute atomic E-state index is 11.4. The van der Waals surface area contributed by atoms with E-state index in [-0.39, 0.29) is 13.0 Å². The Morgan fingerprint density at radius 1 is 1.38 bits per heavy atom. The first-order valence-corrected chi connectivity index (χ1v) is 6.47. The van der Waals surface area contributed by atoms with Gasteiger partial charge in [-0.25, -0.2) is 9.59 Å². The molecular formula is C15H20N2O4. The first-order chi connectivity index (χ1) is 9.93. The number of alkyl carbamates (subject to hydrolysis) is 1. The molecule has 6 nitrogen and oxygen atoms in total. The van der Waals surface area contributed by atoms with E-state index in [9.17, 15) is 9.59 Å². The third-order valence-electron chi connectivity index (χ3n) is 2.82. The first-order valence-electron chi connectivity index (χ1n) is 6.47. The van der Waals surface area contributed by atoms with E-state index >= 15 is 0 Å². The van der Waals surface area contributed by atoms with Crippen molar-refractivity contribution in [2.24, 2.45) is 0 Å². The molecule has 1 amide bonds. The highest BCUT2D eigenvalue weighted by molar-refractivity contribution is 5.80. The van der Waals surface area contributed by atoms with Crippen molar-refractivity contribution in [1.29, 1.82) is 0 Å². The first kappa shape index (κ1) is 16.6. The SMILES string of the molecule is C=CCOC(=O)N[C@@H](Cc1ccc(N(C)C)cc1)C(=O)O. The zero-order valence-electron chi connectivity index (χ0n) is 12.2. The van der Waals surface area contributed by atoms with E-state index in [1.165, 1.54) is 6.08 Å². The van der Waals surface area contributed by atoms with Gasteiger partial charge in [0.05, 0.1) is 0 Å². The van der Waals surface area contributed by atoms with Crippen LogP contribution in [0.3, 0.4) is 0 Å². The summed E-state index contributed by atoms with van der Waals surface area (Å²) in [5.74, 6) is -1.11. The van der Waals surface area contributed by atoms with E-state index < -0.39 is 18.1 Å². The number of anilines is 1. The molecule has 6 heteroatoms. The van der Waals surface area contributed by atoms with E-state index in [4.69, 9.17) is 9.84 Å². The number of carboxylic acid groups (broad SMARTS) is 1. The fraction of sp³-hybridized carbons (Fsp3) is 0.333. The van der Waals surface area contributed by atoms with Gasteiger partial charge in [0.25, 0.3) is 0 Å². The fourth-order valence-corrected chi connectivity index (χ4v) is 1.68. The Labute approximate surface area is 124 Å². The zero-order valence-corrected chi connectivity index (χ0v) is 12.2. The molecule has 2 N–H and O–H groups in total. The van der Waals surface area contributed by atoms with Crippen LogP contribution in [-0.2, 0) is 16.0 Å². The predicted molar refractivity (Wildman–Crippen MR) is 80.6 cm³/mol. The molecule has 0 bridgehead atoms. The molecule has 0 aromatic heterocycles. The summed E-state index contributed by atoms with van der Waals surface area (Å²) in [6.45, 7) is 3.45. The summed E-state index contributed by atoms with van der Waals surface area (Å²) in [6.07, 6.45) is 0.828. The van der Waals surface area contributed by atoms with E-state index in [1.807, 2.05) is 43.3 Å². The number of hydrogen-bond donors (Lipinski definition) is 2. The quantitative estimate of drug-likeness (QED) is 0.747. The Morgan fingerprint density at radius 2 is 2.00 bits per heavy atom. The topological polar surface area (TPSA) is 78.9 Å². The molecule has 0 aliphatic heterocycles. The van der Waals surface area contributed by atoms with Crippen LogP contribution in [-0.4, -0.2) is 43.9 Å². The standard InChI is InChI=1S/C15H20N2O4/c1-4-9-21-15(20)16-13(14(18)19)10-11-5-7-12(8-6-11)17(2)3/h4-8,13H,1,9-10H2,2-3H3,(H,16,20)(H,18,19)/t13-/m0/s1. The van der Waals surface area contributed by atoms with Crippen LogP contribution in [0.4, 0.5) is 10.5 Å². The van der Waals surface area contributed by atoms with Crippen LogP contribution in [0.25, 0.3) is 0 Å². The van der Waals surface area contributed by atoms with Crippen molar-refractivity contribution in [3.63, 3.8) is 0 Å². The minimum absolute atomic E-state index is 0.0374. The highest BCUT2D eigenvalue weighted by atomic mass is 16.5. The van der Waals surface area contributed by atoms with Crippen LogP contribution < -0.4 is 10.2 Å². The number of carboxylic acids is 1. The fourth-order valence-electron chi connectivity index (χ4n) is 1.68. The van der Waals surface area contributed by atoms with Crippen molar-refractivity contribution in [2.75, 3.05) is 25.6 Å². The lowest BCUT2D eigenvalue weighted by atomic mass is 10.1. The molecule has 0 saturated heterocycles. The van der Waals surface area contributed by atoms with Crippen LogP contribution in [0.5, 0.6) is 0 Å². The molecule has 1 aromatic rings. The van der Waals surface area contributed by atoms with E-state index in [2.05, 4.69) is 11.9 Å². The molecule has 0 unspecified atom stereocenters. The number of carbonyl (C=O) groups excluding carboxylic acids is 1. The summed E-state index contributed by atoms with van der Waals surface area (Å²) in [5, 5.41) is 11.5. The number of nitrogens with one attached hydrogen (secondary N) is 1. The molecule has 0 spiro atoms. The molecule has 1 rings (SSSR count). The van der Waals surface area contributed by atoms with Gasteiger partial charge >= 0.3 is 12.1 Å². The Hall–Kier alpha value is -2.50. The van der Waals surface area contributed by atoms with Gasteiger partial charge in [-0.15, -0.1) is 0 Å². The lowest BCUT2D eigenvalue weighted by molar-refractivity contribution is -0.139. The van der Waals surface area contributed by atoms with Crippen LogP contribution in [0.15, 0.2) is 36.9 Å². The minimum Gasteiger partial charge on any atom is -0.480 e. The third kappa shape index (κ3) is 5.56. The van der Waals surface area contributed by atoms with E-state index in [0.717, 1.165) is 11.3 Å². The Bertz CT molecular complexity index is 497. The average molecular weight is 292 g/mol. The second kappa shape index (κ2) is 7.94. The lowest BCUT2D eigenvalue weighted by Gasteiger charge is -2.16. The summed E-state index contributed by atoms with van der Waals surface area (Å²) in [6, 6.07) is 6.42. The average Bonchev–Trinajstić information content (AvgIpc) is 2.44. The Morgan fingerprint density at radius 3 is 2.48 bits per heavy atom. The molecule has 1 aromatic carbocycles. The molecule has 21 heavy (non-hydrogen) atoms. The Kier molecular flexibility index (Phi) is 6.26. The molecule has 0 fully saturated rings. The number of carbonyl (C=O) groups is 2. The van der Waals surface area contributed by atoms with E-state index in [1.54, 1.807) is 0 Å². The smallest absolute Gasteiger partial charge is 0.408 e. The van der Waals surface area contributed by atoms with Crippen molar-refractivity contribution >= 4 is 17.7 Å². The summed E-state index contributed by atoms with van der Waals surface area (Å²) in [7, 11) is 3.85. The van der Waals surface area contributed by atoms with Gasteiger partial charge < -0.3 is 20.1 Å². The predicted octanol–water partition coefficient (Wildman–Crippen LogP) is 1.66. The molecule has 0 aliphatic carbocycles. The number of nitrogens with zero attached hydrogens (tertiary/aromatic N) is 1. The van der Waals surface area contributed by atoms with Gasteiger partial charge in [-0.1, -0.05) is 24.8 Å². The van der Waals surface area contributed by atoms with Crippen LogP contribution in [0, 0.1) is 0 Å². The molecule has 114 valence electrons. The molecule has 0 saturated carbocycles. The number of ether oxygens (including phenoxy) is 1. The molecule has 1 atom stereocenters. The summed E-state index contributed by atoms with van der Waals surface area (Å²) < 4.78 is 4.72. The van der Waals surface area contributed by atoms with Gasteiger partial charge in [0.2, 0.25) is 0 Å². The normalized spacial score (nSPS) is 11.3. The number of benzene rings is 1. The second-order valence-electron chi connectivity index (χ2n) is 4.69. The summed E-state index contributed by atoms with van der Waals surface area (Å²) in [4.78, 5) is 24.5. The second-order valence-corrected chi connectivity index (χ2v) is 4.69. The maximum Gasteiger partial charge on any atom is 0.408 e. The number of hydrogen-bond acceptors (Lipinski definition) is 4. The van der Waals surface area contributed by atoms with Crippen LogP contribution in [0.1, 0.15) is 5.56 Å². The zero-order chi connectivity index (χ0) is 15.8. The minimum atomic E-state index is -1.11. The van der Waals surface area contributed by atoms with Crippen LogP contribution in [0.2, 0.25) is 0 Å². The van der Waals surface area contributed by atoms with Crippen molar-refractivity contribution in [1.82, 2.24) is 5.32 Å². The monoisotopic (exact) mass is 292 g/mol. The molecular weight excluding hydrogens is 272 g/mol. The van der Waals surface area contributed by atoms with Crippen molar-refractivity contribution < 1.29 is 19.4 Å². The number of aliphatic carboxylic acids is 1. The van der Waals surface area contributed by atoms with Crippen LogP contribution >= 0.6 is 0 Å². The molecule has 0 aliphatic rings. The highest BCUT2D eigenvalue weighted by Gasteiger charge is 2.21. The highest BCUT2D eigenvalue weighted by Crippen LogP contribution is 2.13. The van der Waals surface area contributed by atoms with Gasteiger partial charge in [0, 0.05) is 26.2 Å². The number of rotatable bonds is 7. The van der Waals surface area contributed by atoms with Crippen molar-refractivity contribution in [3.05, 3.63) is 42.5 Å². The van der Waals surface area contributed by atoms with E-state index in [0.29, 0.717) is 0 Å². The van der Waals surface area contributed by atoms with Crippen molar-refractivity contribution in [3.8, 4) is 0 Å². The van der Waals surface area contributed by atoms with Gasteiger partial charge in [0.15, 0.2) is 0 Å². The third-order valence-corrected chi connectivity index (χ3v) is 2.82. The van der Waals surface area contributed by atoms with Gasteiger partial charge in [-0.2, -0.15) is 0 Å². The largest absolute Gasteiger partial charge is 0.480 e. The van der Waals surface area contributed by atoms with Gasteiger partial charge in [0.1, 0.15) is 12.6 Å². The Balaban J connectivity index is 2.67. The molecule has 0 heterocycles. The summed E-state index contributed by atoms with van der Waals surface area (Å²) >= 11 is 0. The number of amides is 1.